The van der Waals surface area contributed by atoms with E-state index in [0.717, 1.165) is 43.7 Å². The van der Waals surface area contributed by atoms with Gasteiger partial charge in [0.25, 0.3) is 0 Å². The maximum Gasteiger partial charge on any atom is 0.138 e. The van der Waals surface area contributed by atoms with Crippen LogP contribution in [0.2, 0.25) is 0 Å². The molecule has 106 valence electrons. The molecule has 1 atom stereocenters. The molecule has 0 saturated carbocycles. The summed E-state index contributed by atoms with van der Waals surface area (Å²) in [4.78, 5) is 2.35. The summed E-state index contributed by atoms with van der Waals surface area (Å²) in [5.74, 6) is 0.111. The lowest BCUT2D eigenvalue weighted by atomic mass is 9.95. The Balaban J connectivity index is 2.35. The number of aromatic hydroxyl groups is 1. The summed E-state index contributed by atoms with van der Waals surface area (Å²) in [5.41, 5.74) is 2.24. The van der Waals surface area contributed by atoms with Crippen molar-refractivity contribution in [2.24, 2.45) is 0 Å². The van der Waals surface area contributed by atoms with E-state index in [0.29, 0.717) is 5.56 Å². The van der Waals surface area contributed by atoms with E-state index < -0.39 is 0 Å². The Kier molecular flexibility index (Phi) is 4.78. The highest BCUT2D eigenvalue weighted by Crippen LogP contribution is 2.35. The van der Waals surface area contributed by atoms with Crippen LogP contribution in [0.15, 0.2) is 30.4 Å². The van der Waals surface area contributed by atoms with E-state index in [1.807, 2.05) is 25.1 Å². The molecule has 0 aliphatic carbocycles. The number of rotatable bonds is 4. The van der Waals surface area contributed by atoms with Gasteiger partial charge in [-0.2, -0.15) is 5.26 Å². The Hall–Kier alpha value is -1.83. The van der Waals surface area contributed by atoms with E-state index in [1.54, 1.807) is 6.07 Å². The molecule has 1 heterocycles. The van der Waals surface area contributed by atoms with Crippen LogP contribution in [-0.4, -0.2) is 36.2 Å². The van der Waals surface area contributed by atoms with Crippen molar-refractivity contribution in [3.8, 4) is 11.8 Å². The number of phenolic OH excluding ortho intramolecular Hbond substituents is 1. The molecule has 4 nitrogen and oxygen atoms in total. The predicted molar refractivity (Wildman–Crippen MR) is 79.4 cm³/mol. The topological polar surface area (TPSA) is 59.3 Å². The second-order valence-corrected chi connectivity index (χ2v) is 5.32. The van der Waals surface area contributed by atoms with Gasteiger partial charge in [0.1, 0.15) is 11.8 Å². The summed E-state index contributed by atoms with van der Waals surface area (Å²) < 4.78 is 0. The quantitative estimate of drug-likeness (QED) is 0.824. The van der Waals surface area contributed by atoms with Gasteiger partial charge in [-0.05, 0) is 19.4 Å². The van der Waals surface area contributed by atoms with Gasteiger partial charge in [0.05, 0.1) is 5.56 Å². The third-order valence-corrected chi connectivity index (χ3v) is 3.68. The number of hydrogen-bond acceptors (Lipinski definition) is 4. The van der Waals surface area contributed by atoms with Crippen molar-refractivity contribution in [3.63, 3.8) is 0 Å². The third-order valence-electron chi connectivity index (χ3n) is 3.68. The molecule has 0 aromatic heterocycles. The zero-order valence-corrected chi connectivity index (χ0v) is 11.9. The highest BCUT2D eigenvalue weighted by Gasteiger charge is 2.25. The monoisotopic (exact) mass is 271 g/mol. The molecule has 2 rings (SSSR count). The fourth-order valence-electron chi connectivity index (χ4n) is 2.68. The number of para-hydroxylation sites is 1. The van der Waals surface area contributed by atoms with E-state index in [1.165, 1.54) is 0 Å². The van der Waals surface area contributed by atoms with Gasteiger partial charge < -0.3 is 10.4 Å². The first-order chi connectivity index (χ1) is 9.63. The summed E-state index contributed by atoms with van der Waals surface area (Å²) in [5, 5.41) is 22.7. The van der Waals surface area contributed by atoms with Crippen LogP contribution in [0.25, 0.3) is 0 Å². The fraction of sp³-hybridized carbons (Fsp3) is 0.438. The highest BCUT2D eigenvalue weighted by molar-refractivity contribution is 5.49. The third kappa shape index (κ3) is 3.19. The summed E-state index contributed by atoms with van der Waals surface area (Å²) >= 11 is 0. The van der Waals surface area contributed by atoms with Gasteiger partial charge in [-0.15, -0.1) is 6.58 Å². The molecule has 1 aromatic carbocycles. The summed E-state index contributed by atoms with van der Waals surface area (Å²) in [6.45, 7) is 9.78. The lowest BCUT2D eigenvalue weighted by Crippen LogP contribution is -2.45. The van der Waals surface area contributed by atoms with Crippen LogP contribution >= 0.6 is 0 Å². The van der Waals surface area contributed by atoms with Crippen molar-refractivity contribution in [2.45, 2.75) is 19.4 Å². The lowest BCUT2D eigenvalue weighted by Gasteiger charge is -2.35. The number of benzene rings is 1. The molecule has 1 aliphatic heterocycles. The molecule has 0 radical (unpaired) electrons. The minimum absolute atomic E-state index is 0.0860. The molecular formula is C16H21N3O. The molecule has 4 heteroatoms. The molecule has 1 aromatic rings. The van der Waals surface area contributed by atoms with Crippen LogP contribution in [0.1, 0.15) is 30.5 Å². The molecule has 0 unspecified atom stereocenters. The van der Waals surface area contributed by atoms with Gasteiger partial charge in [-0.25, -0.2) is 0 Å². The molecule has 1 aliphatic rings. The van der Waals surface area contributed by atoms with Crippen molar-refractivity contribution in [1.29, 1.82) is 5.26 Å². The van der Waals surface area contributed by atoms with E-state index in [2.05, 4.69) is 16.8 Å². The first-order valence-electron chi connectivity index (χ1n) is 6.94. The number of phenols is 1. The van der Waals surface area contributed by atoms with Crippen LogP contribution in [0.5, 0.6) is 5.75 Å². The SMILES string of the molecule is C=C(C)C[C@H](c1cccc(C#N)c1O)N1CCNCC1. The van der Waals surface area contributed by atoms with Gasteiger partial charge in [0.2, 0.25) is 0 Å². The average Bonchev–Trinajstić information content (AvgIpc) is 2.46. The minimum atomic E-state index is 0.0860. The van der Waals surface area contributed by atoms with Crippen LogP contribution in [0.3, 0.4) is 0 Å². The Bertz CT molecular complexity index is 527. The number of nitriles is 1. The zero-order chi connectivity index (χ0) is 14.5. The van der Waals surface area contributed by atoms with Crippen molar-refractivity contribution in [3.05, 3.63) is 41.5 Å². The average molecular weight is 271 g/mol. The van der Waals surface area contributed by atoms with Crippen LogP contribution < -0.4 is 5.32 Å². The largest absolute Gasteiger partial charge is 0.506 e. The Morgan fingerprint density at radius 3 is 2.80 bits per heavy atom. The van der Waals surface area contributed by atoms with E-state index in [-0.39, 0.29) is 11.8 Å². The van der Waals surface area contributed by atoms with Gasteiger partial charge in [-0.1, -0.05) is 17.7 Å². The normalized spacial score (nSPS) is 17.4. The predicted octanol–water partition coefficient (Wildman–Crippen LogP) is 2.18. The van der Waals surface area contributed by atoms with Crippen LogP contribution in [0, 0.1) is 11.3 Å². The lowest BCUT2D eigenvalue weighted by molar-refractivity contribution is 0.170. The van der Waals surface area contributed by atoms with Crippen molar-refractivity contribution >= 4 is 0 Å². The highest BCUT2D eigenvalue weighted by atomic mass is 16.3. The maximum absolute atomic E-state index is 10.3. The molecule has 2 N–H and O–H groups in total. The Morgan fingerprint density at radius 1 is 1.50 bits per heavy atom. The van der Waals surface area contributed by atoms with Crippen molar-refractivity contribution in [1.82, 2.24) is 10.2 Å². The molecule has 20 heavy (non-hydrogen) atoms. The molecule has 0 bridgehead atoms. The van der Waals surface area contributed by atoms with Crippen molar-refractivity contribution < 1.29 is 5.11 Å². The maximum atomic E-state index is 10.3. The van der Waals surface area contributed by atoms with E-state index in [9.17, 15) is 5.11 Å². The zero-order valence-electron chi connectivity index (χ0n) is 11.9. The van der Waals surface area contributed by atoms with E-state index >= 15 is 0 Å². The molecular weight excluding hydrogens is 250 g/mol. The fourth-order valence-corrected chi connectivity index (χ4v) is 2.68. The minimum Gasteiger partial charge on any atom is -0.506 e. The van der Waals surface area contributed by atoms with Crippen LogP contribution in [0.4, 0.5) is 0 Å². The Morgan fingerprint density at radius 2 is 2.20 bits per heavy atom. The van der Waals surface area contributed by atoms with Gasteiger partial charge in [0.15, 0.2) is 0 Å². The molecule has 1 fully saturated rings. The Labute approximate surface area is 120 Å². The first kappa shape index (κ1) is 14.6. The molecule has 0 spiro atoms. The number of hydrogen-bond donors (Lipinski definition) is 2. The smallest absolute Gasteiger partial charge is 0.138 e. The molecule has 0 amide bonds. The van der Waals surface area contributed by atoms with Gasteiger partial charge in [0, 0.05) is 37.8 Å². The first-order valence-corrected chi connectivity index (χ1v) is 6.94. The van der Waals surface area contributed by atoms with Crippen LogP contribution in [-0.2, 0) is 0 Å². The number of piperazine rings is 1. The van der Waals surface area contributed by atoms with Gasteiger partial charge >= 0.3 is 0 Å². The summed E-state index contributed by atoms with van der Waals surface area (Å²) in [6, 6.07) is 7.52. The standard InChI is InChI=1S/C16H21N3O/c1-12(2)10-15(19-8-6-18-7-9-19)14-5-3-4-13(11-17)16(14)20/h3-5,15,18,20H,1,6-10H2,2H3/t15-/m1/s1. The summed E-state index contributed by atoms with van der Waals surface area (Å²) in [6.07, 6.45) is 0.794. The molecule has 1 saturated heterocycles. The van der Waals surface area contributed by atoms with Crippen molar-refractivity contribution in [2.75, 3.05) is 26.2 Å². The summed E-state index contributed by atoms with van der Waals surface area (Å²) in [7, 11) is 0. The van der Waals surface area contributed by atoms with E-state index in [4.69, 9.17) is 5.26 Å². The second-order valence-electron chi connectivity index (χ2n) is 5.32. The number of nitrogens with zero attached hydrogens (tertiary/aromatic N) is 2. The second kappa shape index (κ2) is 6.56. The van der Waals surface area contributed by atoms with Gasteiger partial charge in [-0.3, -0.25) is 4.90 Å². The number of nitrogens with one attached hydrogen (secondary N) is 1.